The number of carbonyl (C=O) groups is 1. The fourth-order valence-electron chi connectivity index (χ4n) is 1.54. The lowest BCUT2D eigenvalue weighted by Gasteiger charge is -2.11. The first-order valence-electron chi connectivity index (χ1n) is 5.22. The van der Waals surface area contributed by atoms with E-state index in [1.54, 1.807) is 24.3 Å². The first kappa shape index (κ1) is 10.7. The molecule has 1 atom stereocenters. The molecule has 15 heavy (non-hydrogen) atoms. The average Bonchev–Trinajstić information content (AvgIpc) is 3.02. The zero-order valence-electron chi connectivity index (χ0n) is 8.66. The van der Waals surface area contributed by atoms with Gasteiger partial charge in [-0.1, -0.05) is 11.6 Å². The Labute approximate surface area is 94.6 Å². The topological polar surface area (TPSA) is 29.1 Å². The second-order valence-corrected chi connectivity index (χ2v) is 4.47. The van der Waals surface area contributed by atoms with Gasteiger partial charge in [0.25, 0.3) is 0 Å². The summed E-state index contributed by atoms with van der Waals surface area (Å²) in [5, 5.41) is 3.95. The summed E-state index contributed by atoms with van der Waals surface area (Å²) in [6.45, 7) is 1.91. The Balaban J connectivity index is 2.02. The van der Waals surface area contributed by atoms with Crippen LogP contribution in [0.3, 0.4) is 0 Å². The van der Waals surface area contributed by atoms with Gasteiger partial charge in [-0.25, -0.2) is 0 Å². The molecule has 0 saturated heterocycles. The molecule has 1 fully saturated rings. The van der Waals surface area contributed by atoms with Crippen molar-refractivity contribution in [3.8, 4) is 0 Å². The molecule has 0 amide bonds. The van der Waals surface area contributed by atoms with Crippen LogP contribution in [-0.2, 0) is 0 Å². The first-order valence-corrected chi connectivity index (χ1v) is 5.60. The van der Waals surface area contributed by atoms with Crippen molar-refractivity contribution in [3.63, 3.8) is 0 Å². The van der Waals surface area contributed by atoms with Crippen LogP contribution in [0.25, 0.3) is 0 Å². The molecule has 1 aromatic rings. The van der Waals surface area contributed by atoms with Gasteiger partial charge in [-0.05, 0) is 44.0 Å². The molecule has 0 radical (unpaired) electrons. The molecule has 2 rings (SSSR count). The second-order valence-electron chi connectivity index (χ2n) is 4.03. The maximum absolute atomic E-state index is 11.9. The zero-order chi connectivity index (χ0) is 10.8. The van der Waals surface area contributed by atoms with Crippen LogP contribution in [0, 0.1) is 0 Å². The van der Waals surface area contributed by atoms with Crippen LogP contribution in [0.4, 0.5) is 0 Å². The molecule has 0 spiro atoms. The number of rotatable bonds is 4. The minimum Gasteiger partial charge on any atom is -0.305 e. The van der Waals surface area contributed by atoms with Crippen molar-refractivity contribution in [3.05, 3.63) is 34.9 Å². The molecule has 1 aliphatic carbocycles. The minimum atomic E-state index is -0.0984. The highest BCUT2D eigenvalue weighted by Crippen LogP contribution is 2.20. The number of Topliss-reactive ketones (excluding diaryl/α,β-unsaturated/α-hetero) is 1. The lowest BCUT2D eigenvalue weighted by Crippen LogP contribution is -2.35. The highest BCUT2D eigenvalue weighted by atomic mass is 35.5. The SMILES string of the molecule is CC(NC1CC1)C(=O)c1ccc(Cl)cc1. The van der Waals surface area contributed by atoms with E-state index in [4.69, 9.17) is 11.6 Å². The van der Waals surface area contributed by atoms with Gasteiger partial charge in [0, 0.05) is 16.6 Å². The number of ketones is 1. The molecule has 2 nitrogen and oxygen atoms in total. The summed E-state index contributed by atoms with van der Waals surface area (Å²) in [4.78, 5) is 11.9. The molecule has 0 aliphatic heterocycles. The predicted molar refractivity (Wildman–Crippen MR) is 61.4 cm³/mol. The lowest BCUT2D eigenvalue weighted by molar-refractivity contribution is 0.0950. The lowest BCUT2D eigenvalue weighted by atomic mass is 10.1. The predicted octanol–water partition coefficient (Wildman–Crippen LogP) is 2.66. The fraction of sp³-hybridized carbons (Fsp3) is 0.417. The molecule has 0 aromatic heterocycles. The summed E-state index contributed by atoms with van der Waals surface area (Å²) in [6.07, 6.45) is 2.39. The quantitative estimate of drug-likeness (QED) is 0.796. The number of benzene rings is 1. The van der Waals surface area contributed by atoms with Gasteiger partial charge in [-0.3, -0.25) is 4.79 Å². The van der Waals surface area contributed by atoms with Crippen molar-refractivity contribution >= 4 is 17.4 Å². The highest BCUT2D eigenvalue weighted by Gasteiger charge is 2.25. The number of hydrogen-bond donors (Lipinski definition) is 1. The van der Waals surface area contributed by atoms with Crippen molar-refractivity contribution in [2.24, 2.45) is 0 Å². The van der Waals surface area contributed by atoms with Gasteiger partial charge in [-0.2, -0.15) is 0 Å². The van der Waals surface area contributed by atoms with E-state index in [1.165, 1.54) is 12.8 Å². The summed E-state index contributed by atoms with van der Waals surface area (Å²) in [5.74, 6) is 0.138. The van der Waals surface area contributed by atoms with Crippen LogP contribution in [0.15, 0.2) is 24.3 Å². The van der Waals surface area contributed by atoms with E-state index >= 15 is 0 Å². The Morgan fingerprint density at radius 1 is 1.40 bits per heavy atom. The third kappa shape index (κ3) is 2.80. The molecule has 1 unspecified atom stereocenters. The third-order valence-electron chi connectivity index (χ3n) is 2.59. The zero-order valence-corrected chi connectivity index (χ0v) is 9.42. The van der Waals surface area contributed by atoms with Gasteiger partial charge >= 0.3 is 0 Å². The first-order chi connectivity index (χ1) is 7.16. The van der Waals surface area contributed by atoms with Gasteiger partial charge in [0.1, 0.15) is 0 Å². The van der Waals surface area contributed by atoms with E-state index in [1.807, 2.05) is 6.92 Å². The van der Waals surface area contributed by atoms with Crippen molar-refractivity contribution in [1.29, 1.82) is 0 Å². The highest BCUT2D eigenvalue weighted by molar-refractivity contribution is 6.30. The van der Waals surface area contributed by atoms with Crippen LogP contribution >= 0.6 is 11.6 Å². The molecule has 3 heteroatoms. The van der Waals surface area contributed by atoms with Gasteiger partial charge < -0.3 is 5.32 Å². The molecule has 0 bridgehead atoms. The van der Waals surface area contributed by atoms with Gasteiger partial charge in [0.15, 0.2) is 5.78 Å². The van der Waals surface area contributed by atoms with Gasteiger partial charge in [0.2, 0.25) is 0 Å². The molecule has 1 N–H and O–H groups in total. The summed E-state index contributed by atoms with van der Waals surface area (Å²) >= 11 is 5.76. The number of nitrogens with one attached hydrogen (secondary N) is 1. The van der Waals surface area contributed by atoms with E-state index in [0.717, 1.165) is 5.56 Å². The Hall–Kier alpha value is -0.860. The van der Waals surface area contributed by atoms with E-state index < -0.39 is 0 Å². The Kier molecular flexibility index (Phi) is 3.08. The van der Waals surface area contributed by atoms with Crippen molar-refractivity contribution in [2.45, 2.75) is 31.8 Å². The maximum Gasteiger partial charge on any atom is 0.179 e. The summed E-state index contributed by atoms with van der Waals surface area (Å²) in [5.41, 5.74) is 0.722. The van der Waals surface area contributed by atoms with E-state index in [2.05, 4.69) is 5.32 Å². The largest absolute Gasteiger partial charge is 0.305 e. The van der Waals surface area contributed by atoms with Gasteiger partial charge in [-0.15, -0.1) is 0 Å². The average molecular weight is 224 g/mol. The molecule has 1 aliphatic rings. The van der Waals surface area contributed by atoms with Crippen LogP contribution < -0.4 is 5.32 Å². The normalized spacial score (nSPS) is 17.5. The Morgan fingerprint density at radius 3 is 2.53 bits per heavy atom. The molecular weight excluding hydrogens is 210 g/mol. The second kappa shape index (κ2) is 4.33. The fourth-order valence-corrected chi connectivity index (χ4v) is 1.67. The summed E-state index contributed by atoms with van der Waals surface area (Å²) in [6, 6.07) is 7.50. The van der Waals surface area contributed by atoms with Crippen molar-refractivity contribution in [1.82, 2.24) is 5.32 Å². The molecular formula is C12H14ClNO. The number of hydrogen-bond acceptors (Lipinski definition) is 2. The van der Waals surface area contributed by atoms with Crippen molar-refractivity contribution < 1.29 is 4.79 Å². The van der Waals surface area contributed by atoms with Crippen LogP contribution in [0.5, 0.6) is 0 Å². The van der Waals surface area contributed by atoms with E-state index in [0.29, 0.717) is 11.1 Å². The summed E-state index contributed by atoms with van der Waals surface area (Å²) in [7, 11) is 0. The van der Waals surface area contributed by atoms with Crippen LogP contribution in [0.2, 0.25) is 5.02 Å². The standard InChI is InChI=1S/C12H14ClNO/c1-8(14-11-6-7-11)12(15)9-2-4-10(13)5-3-9/h2-5,8,11,14H,6-7H2,1H3. The van der Waals surface area contributed by atoms with E-state index in [-0.39, 0.29) is 11.8 Å². The third-order valence-corrected chi connectivity index (χ3v) is 2.84. The molecule has 1 saturated carbocycles. The monoisotopic (exact) mass is 223 g/mol. The van der Waals surface area contributed by atoms with Crippen LogP contribution in [-0.4, -0.2) is 17.9 Å². The van der Waals surface area contributed by atoms with Crippen molar-refractivity contribution in [2.75, 3.05) is 0 Å². The number of carbonyl (C=O) groups excluding carboxylic acids is 1. The Bertz CT molecular complexity index is 356. The minimum absolute atomic E-state index is 0.0984. The summed E-state index contributed by atoms with van der Waals surface area (Å²) < 4.78 is 0. The Morgan fingerprint density at radius 2 is 2.00 bits per heavy atom. The maximum atomic E-state index is 11.9. The van der Waals surface area contributed by atoms with E-state index in [9.17, 15) is 4.79 Å². The van der Waals surface area contributed by atoms with Gasteiger partial charge in [0.05, 0.1) is 6.04 Å². The number of halogens is 1. The smallest absolute Gasteiger partial charge is 0.179 e. The molecule has 1 aromatic carbocycles. The van der Waals surface area contributed by atoms with Crippen LogP contribution in [0.1, 0.15) is 30.1 Å². The molecule has 80 valence electrons. The molecule has 0 heterocycles.